The van der Waals surface area contributed by atoms with Crippen molar-refractivity contribution in [2.24, 2.45) is 0 Å². The molecule has 0 aliphatic carbocycles. The van der Waals surface area contributed by atoms with E-state index in [-0.39, 0.29) is 0 Å². The largest absolute Gasteiger partial charge is 0.381 e. The highest BCUT2D eigenvalue weighted by Gasteiger charge is 1.94. The zero-order valence-electron chi connectivity index (χ0n) is 9.30. The van der Waals surface area contributed by atoms with E-state index in [1.54, 1.807) is 0 Å². The topological polar surface area (TPSA) is 9.23 Å². The van der Waals surface area contributed by atoms with Gasteiger partial charge in [0, 0.05) is 13.2 Å². The van der Waals surface area contributed by atoms with Crippen molar-refractivity contribution < 1.29 is 4.74 Å². The Morgan fingerprint density at radius 3 is 1.19 bits per heavy atom. The molecule has 0 saturated carbocycles. The zero-order chi connectivity index (χ0) is 11.1. The van der Waals surface area contributed by atoms with Crippen molar-refractivity contribution in [1.29, 1.82) is 0 Å². The zero-order valence-corrected chi connectivity index (χ0v) is 9.30. The van der Waals surface area contributed by atoms with Crippen molar-refractivity contribution in [2.75, 3.05) is 13.2 Å². The summed E-state index contributed by atoms with van der Waals surface area (Å²) in [5.74, 6) is 0. The summed E-state index contributed by atoms with van der Waals surface area (Å²) < 4.78 is 4.72. The predicted octanol–water partition coefficient (Wildman–Crippen LogP) is 3.76. The first-order chi connectivity index (χ1) is 7.97. The maximum absolute atomic E-state index is 4.72. The van der Waals surface area contributed by atoms with Gasteiger partial charge in [-0.05, 0) is 17.5 Å². The normalized spacial score (nSPS) is 13.2. The van der Waals surface area contributed by atoms with Gasteiger partial charge in [0.1, 0.15) is 0 Å². The highest BCUT2D eigenvalue weighted by Crippen LogP contribution is 2.17. The van der Waals surface area contributed by atoms with Gasteiger partial charge in [-0.3, -0.25) is 0 Å². The molecule has 0 bridgehead atoms. The lowest BCUT2D eigenvalue weighted by Crippen LogP contribution is -2.09. The second-order valence-electron chi connectivity index (χ2n) is 3.70. The van der Waals surface area contributed by atoms with Crippen LogP contribution in [-0.2, 0) is 4.74 Å². The van der Waals surface area contributed by atoms with Gasteiger partial charge in [-0.1, -0.05) is 60.7 Å². The number of benzene rings is 2. The number of hydrogen-bond donors (Lipinski definition) is 0. The second-order valence-corrected chi connectivity index (χ2v) is 3.70. The molecule has 82 valence electrons. The summed E-state index contributed by atoms with van der Waals surface area (Å²) in [5, 5.41) is 0. The maximum Gasteiger partial charge on any atom is 0.0488 e. The van der Waals surface area contributed by atoms with Gasteiger partial charge in [0.15, 0.2) is 0 Å². The smallest absolute Gasteiger partial charge is 0.0488 e. The summed E-state index contributed by atoms with van der Waals surface area (Å²) in [6, 6.07) is 20.8. The van der Waals surface area contributed by atoms with Gasteiger partial charge >= 0.3 is 0 Å². The van der Waals surface area contributed by atoms with Gasteiger partial charge in [0.25, 0.3) is 0 Å². The standard InChI is InChI=1S/C12H10.C3H6O/c1-3-7-11(8-4-1)12-9-5-2-6-10-12;1-2-4-3-1/h1-10H;1-3H2. The van der Waals surface area contributed by atoms with Gasteiger partial charge in [-0.2, -0.15) is 0 Å². The molecule has 1 heterocycles. The molecule has 3 rings (SSSR count). The van der Waals surface area contributed by atoms with Crippen LogP contribution >= 0.6 is 0 Å². The summed E-state index contributed by atoms with van der Waals surface area (Å²) in [7, 11) is 0. The first-order valence-corrected chi connectivity index (χ1v) is 5.65. The van der Waals surface area contributed by atoms with E-state index in [1.165, 1.54) is 17.5 Å². The fourth-order valence-electron chi connectivity index (χ4n) is 1.41. The highest BCUT2D eigenvalue weighted by atomic mass is 16.5. The lowest BCUT2D eigenvalue weighted by molar-refractivity contribution is 0.0367. The lowest BCUT2D eigenvalue weighted by Gasteiger charge is -2.09. The molecule has 0 amide bonds. The van der Waals surface area contributed by atoms with Crippen LogP contribution in [0.5, 0.6) is 0 Å². The van der Waals surface area contributed by atoms with E-state index in [4.69, 9.17) is 4.74 Å². The average Bonchev–Trinajstić information content (AvgIpc) is 2.29. The van der Waals surface area contributed by atoms with E-state index in [0.29, 0.717) is 0 Å². The highest BCUT2D eigenvalue weighted by molar-refractivity contribution is 5.62. The maximum atomic E-state index is 4.72. The average molecular weight is 212 g/mol. The Morgan fingerprint density at radius 2 is 0.938 bits per heavy atom. The van der Waals surface area contributed by atoms with Crippen LogP contribution in [0, 0.1) is 0 Å². The minimum absolute atomic E-state index is 1.00. The van der Waals surface area contributed by atoms with Crippen LogP contribution in [0.2, 0.25) is 0 Å². The molecule has 1 aliphatic heterocycles. The number of hydrogen-bond acceptors (Lipinski definition) is 1. The molecule has 2 aromatic rings. The molecule has 2 aromatic carbocycles. The van der Waals surface area contributed by atoms with Crippen molar-refractivity contribution in [2.45, 2.75) is 6.42 Å². The van der Waals surface area contributed by atoms with Crippen LogP contribution in [0.4, 0.5) is 0 Å². The van der Waals surface area contributed by atoms with Crippen molar-refractivity contribution in [3.8, 4) is 11.1 Å². The summed E-state index contributed by atoms with van der Waals surface area (Å²) >= 11 is 0. The molecule has 0 unspecified atom stereocenters. The first kappa shape index (κ1) is 10.9. The summed E-state index contributed by atoms with van der Waals surface area (Å²) in [6.45, 7) is 2.00. The molecule has 1 heteroatoms. The van der Waals surface area contributed by atoms with Crippen LogP contribution in [0.15, 0.2) is 60.7 Å². The fraction of sp³-hybridized carbons (Fsp3) is 0.200. The molecule has 1 nitrogen and oxygen atoms in total. The van der Waals surface area contributed by atoms with E-state index in [2.05, 4.69) is 48.5 Å². The Balaban J connectivity index is 0.000000203. The Bertz CT molecular complexity index is 349. The first-order valence-electron chi connectivity index (χ1n) is 5.65. The third-order valence-electron chi connectivity index (χ3n) is 2.46. The SMILES string of the molecule is C1COC1.c1ccc(-c2ccccc2)cc1. The molecule has 0 spiro atoms. The lowest BCUT2D eigenvalue weighted by atomic mass is 10.1. The van der Waals surface area contributed by atoms with Crippen LogP contribution in [0.25, 0.3) is 11.1 Å². The van der Waals surface area contributed by atoms with Crippen molar-refractivity contribution in [1.82, 2.24) is 0 Å². The third kappa shape index (κ3) is 3.21. The van der Waals surface area contributed by atoms with Crippen LogP contribution in [0.1, 0.15) is 6.42 Å². The fourth-order valence-corrected chi connectivity index (χ4v) is 1.41. The third-order valence-corrected chi connectivity index (χ3v) is 2.46. The number of rotatable bonds is 1. The number of ether oxygens (including phenoxy) is 1. The van der Waals surface area contributed by atoms with E-state index < -0.39 is 0 Å². The Hall–Kier alpha value is -1.60. The summed E-state index contributed by atoms with van der Waals surface area (Å²) in [5.41, 5.74) is 2.55. The molecule has 0 atom stereocenters. The van der Waals surface area contributed by atoms with Crippen LogP contribution in [0.3, 0.4) is 0 Å². The Morgan fingerprint density at radius 1 is 0.625 bits per heavy atom. The van der Waals surface area contributed by atoms with E-state index in [0.717, 1.165) is 13.2 Å². The second kappa shape index (κ2) is 6.09. The van der Waals surface area contributed by atoms with Crippen LogP contribution in [-0.4, -0.2) is 13.2 Å². The van der Waals surface area contributed by atoms with E-state index in [9.17, 15) is 0 Å². The van der Waals surface area contributed by atoms with Crippen molar-refractivity contribution in [3.63, 3.8) is 0 Å². The molecule has 1 saturated heterocycles. The van der Waals surface area contributed by atoms with Crippen LogP contribution < -0.4 is 0 Å². The van der Waals surface area contributed by atoms with Gasteiger partial charge < -0.3 is 4.74 Å². The molecule has 1 fully saturated rings. The molecular formula is C15H16O. The van der Waals surface area contributed by atoms with Gasteiger partial charge in [-0.15, -0.1) is 0 Å². The van der Waals surface area contributed by atoms with Crippen molar-refractivity contribution in [3.05, 3.63) is 60.7 Å². The minimum atomic E-state index is 1.00. The van der Waals surface area contributed by atoms with E-state index in [1.807, 2.05) is 12.1 Å². The van der Waals surface area contributed by atoms with Gasteiger partial charge in [-0.25, -0.2) is 0 Å². The predicted molar refractivity (Wildman–Crippen MR) is 67.3 cm³/mol. The van der Waals surface area contributed by atoms with Crippen molar-refractivity contribution >= 4 is 0 Å². The molecule has 0 N–H and O–H groups in total. The molecule has 0 radical (unpaired) electrons. The molecule has 16 heavy (non-hydrogen) atoms. The summed E-state index contributed by atoms with van der Waals surface area (Å²) in [4.78, 5) is 0. The van der Waals surface area contributed by atoms with Gasteiger partial charge in [0.2, 0.25) is 0 Å². The molecule has 0 aromatic heterocycles. The molecular weight excluding hydrogens is 196 g/mol. The van der Waals surface area contributed by atoms with Gasteiger partial charge in [0.05, 0.1) is 0 Å². The molecule has 1 aliphatic rings. The monoisotopic (exact) mass is 212 g/mol. The Labute approximate surface area is 96.7 Å². The Kier molecular flexibility index (Phi) is 4.15. The van der Waals surface area contributed by atoms with E-state index >= 15 is 0 Å². The quantitative estimate of drug-likeness (QED) is 0.699. The minimum Gasteiger partial charge on any atom is -0.381 e. The summed E-state index contributed by atoms with van der Waals surface area (Å²) in [6.07, 6.45) is 1.28.